The predicted molar refractivity (Wildman–Crippen MR) is 124 cm³/mol. The first kappa shape index (κ1) is 21.4. The lowest BCUT2D eigenvalue weighted by molar-refractivity contribution is -0.147. The summed E-state index contributed by atoms with van der Waals surface area (Å²) in [5.74, 6) is 0.672. The Hall–Kier alpha value is -3.46. The highest BCUT2D eigenvalue weighted by molar-refractivity contribution is 7.18. The van der Waals surface area contributed by atoms with Crippen molar-refractivity contribution < 1.29 is 18.7 Å². The maximum Gasteiger partial charge on any atom is 0.344 e. The number of carbonyl (C=O) groups is 1. The molecule has 1 aromatic carbocycles. The molecule has 33 heavy (non-hydrogen) atoms. The van der Waals surface area contributed by atoms with Gasteiger partial charge >= 0.3 is 11.6 Å². The van der Waals surface area contributed by atoms with Crippen LogP contribution in [0, 0.1) is 12.8 Å². The van der Waals surface area contributed by atoms with Gasteiger partial charge in [0.2, 0.25) is 0 Å². The highest BCUT2D eigenvalue weighted by Gasteiger charge is 2.23. The molecule has 0 fully saturated rings. The molecule has 0 radical (unpaired) electrons. The minimum Gasteiger partial charge on any atom is -0.482 e. The Morgan fingerprint density at radius 1 is 1.30 bits per heavy atom. The molecular formula is C24H22N2O6S. The summed E-state index contributed by atoms with van der Waals surface area (Å²) < 4.78 is 15.9. The van der Waals surface area contributed by atoms with Gasteiger partial charge in [0.15, 0.2) is 6.61 Å². The molecule has 1 N–H and O–H groups in total. The molecule has 0 bridgehead atoms. The maximum atomic E-state index is 12.6. The van der Waals surface area contributed by atoms with Gasteiger partial charge in [0.25, 0.3) is 5.56 Å². The fraction of sp³-hybridized carbons (Fsp3) is 0.333. The quantitative estimate of drug-likeness (QED) is 0.353. The van der Waals surface area contributed by atoms with Gasteiger partial charge in [-0.3, -0.25) is 4.79 Å². The van der Waals surface area contributed by atoms with Crippen LogP contribution in [0.25, 0.3) is 21.2 Å². The third-order valence-electron chi connectivity index (χ3n) is 5.86. The Labute approximate surface area is 192 Å². The molecule has 0 amide bonds. The SMILES string of the molecule is Cc1cc(=O)oc2cc(OCC(=O)OCc3nc4sc5c(c4c(=O)[nH]3)CC[C@H](C)C5)ccc12. The number of aromatic amines is 1. The van der Waals surface area contributed by atoms with Crippen LogP contribution in [-0.4, -0.2) is 22.5 Å². The van der Waals surface area contributed by atoms with E-state index in [0.717, 1.165) is 35.8 Å². The number of hydrogen-bond donors (Lipinski definition) is 1. The van der Waals surface area contributed by atoms with Crippen molar-refractivity contribution in [2.45, 2.75) is 39.7 Å². The van der Waals surface area contributed by atoms with Gasteiger partial charge in [-0.15, -0.1) is 11.3 Å². The molecule has 0 saturated heterocycles. The number of esters is 1. The second-order valence-electron chi connectivity index (χ2n) is 8.40. The number of ether oxygens (including phenoxy) is 2. The molecule has 4 aromatic rings. The monoisotopic (exact) mass is 466 g/mol. The fourth-order valence-electron chi connectivity index (χ4n) is 4.19. The molecule has 9 heteroatoms. The number of thiophene rings is 1. The van der Waals surface area contributed by atoms with E-state index >= 15 is 0 Å². The molecule has 1 aliphatic carbocycles. The lowest BCUT2D eigenvalue weighted by Gasteiger charge is -2.17. The first-order chi connectivity index (χ1) is 15.9. The minimum atomic E-state index is -0.608. The van der Waals surface area contributed by atoms with E-state index in [1.165, 1.54) is 10.9 Å². The summed E-state index contributed by atoms with van der Waals surface area (Å²) in [4.78, 5) is 45.5. The van der Waals surface area contributed by atoms with Crippen molar-refractivity contribution in [3.63, 3.8) is 0 Å². The molecule has 0 unspecified atom stereocenters. The molecule has 3 heterocycles. The molecule has 170 valence electrons. The number of carbonyl (C=O) groups excluding carboxylic acids is 1. The first-order valence-electron chi connectivity index (χ1n) is 10.7. The van der Waals surface area contributed by atoms with Gasteiger partial charge in [0.05, 0.1) is 5.39 Å². The van der Waals surface area contributed by atoms with Crippen molar-refractivity contribution in [2.75, 3.05) is 6.61 Å². The molecule has 8 nitrogen and oxygen atoms in total. The van der Waals surface area contributed by atoms with Crippen LogP contribution in [0.4, 0.5) is 0 Å². The Bertz CT molecular complexity index is 1500. The van der Waals surface area contributed by atoms with E-state index in [-0.39, 0.29) is 18.8 Å². The highest BCUT2D eigenvalue weighted by Crippen LogP contribution is 2.35. The Kier molecular flexibility index (Phi) is 5.49. The Morgan fingerprint density at radius 2 is 2.15 bits per heavy atom. The number of aryl methyl sites for hydroxylation is 2. The second kappa shape index (κ2) is 8.47. The molecule has 3 aromatic heterocycles. The van der Waals surface area contributed by atoms with Crippen LogP contribution in [0.15, 0.2) is 38.3 Å². The van der Waals surface area contributed by atoms with Crippen molar-refractivity contribution in [3.8, 4) is 5.75 Å². The smallest absolute Gasteiger partial charge is 0.344 e. The van der Waals surface area contributed by atoms with Gasteiger partial charge in [-0.1, -0.05) is 6.92 Å². The standard InChI is InChI=1S/C24H22N2O6S/c1-12-3-5-16-18(7-12)33-24-22(16)23(29)25-19(26-24)10-31-21(28)11-30-14-4-6-15-13(2)8-20(27)32-17(15)9-14/h4,6,8-9,12H,3,5,7,10-11H2,1-2H3,(H,25,26,29)/t12-/m0/s1. The fourth-order valence-corrected chi connectivity index (χ4v) is 5.59. The van der Waals surface area contributed by atoms with Crippen LogP contribution in [0.1, 0.15) is 35.2 Å². The number of nitrogens with one attached hydrogen (secondary N) is 1. The van der Waals surface area contributed by atoms with E-state index in [9.17, 15) is 14.4 Å². The van der Waals surface area contributed by atoms with Gasteiger partial charge in [-0.2, -0.15) is 0 Å². The van der Waals surface area contributed by atoms with Crippen molar-refractivity contribution in [1.82, 2.24) is 9.97 Å². The van der Waals surface area contributed by atoms with Gasteiger partial charge < -0.3 is 18.9 Å². The molecule has 0 spiro atoms. The summed E-state index contributed by atoms with van der Waals surface area (Å²) in [5, 5.41) is 1.46. The average molecular weight is 467 g/mol. The molecule has 1 atom stereocenters. The number of nitrogens with zero attached hydrogens (tertiary/aromatic N) is 1. The maximum absolute atomic E-state index is 12.6. The number of hydrogen-bond acceptors (Lipinski definition) is 8. The summed E-state index contributed by atoms with van der Waals surface area (Å²) in [5.41, 5.74) is 1.65. The number of rotatable bonds is 5. The third-order valence-corrected chi connectivity index (χ3v) is 7.01. The van der Waals surface area contributed by atoms with Crippen LogP contribution in [0.2, 0.25) is 0 Å². The third kappa shape index (κ3) is 4.28. The van der Waals surface area contributed by atoms with Crippen LogP contribution in [-0.2, 0) is 29.0 Å². The molecule has 5 rings (SSSR count). The first-order valence-corrected chi connectivity index (χ1v) is 11.6. The Morgan fingerprint density at radius 3 is 3.00 bits per heavy atom. The Balaban J connectivity index is 1.24. The lowest BCUT2D eigenvalue weighted by Crippen LogP contribution is -2.18. The molecule has 0 saturated carbocycles. The van der Waals surface area contributed by atoms with Gasteiger partial charge in [-0.05, 0) is 55.4 Å². The lowest BCUT2D eigenvalue weighted by atomic mass is 9.89. The van der Waals surface area contributed by atoms with Gasteiger partial charge in [-0.25, -0.2) is 14.6 Å². The summed E-state index contributed by atoms with van der Waals surface area (Å²) in [6.45, 7) is 3.54. The van der Waals surface area contributed by atoms with Crippen LogP contribution >= 0.6 is 11.3 Å². The van der Waals surface area contributed by atoms with Gasteiger partial charge in [0.1, 0.15) is 28.6 Å². The van der Waals surface area contributed by atoms with Crippen LogP contribution in [0.5, 0.6) is 5.75 Å². The van der Waals surface area contributed by atoms with E-state index in [1.54, 1.807) is 29.5 Å². The number of fused-ring (bicyclic) bond motifs is 4. The molecule has 0 aliphatic heterocycles. The average Bonchev–Trinajstić information content (AvgIpc) is 3.13. The molecule has 1 aliphatic rings. The van der Waals surface area contributed by atoms with Crippen molar-refractivity contribution in [1.29, 1.82) is 0 Å². The largest absolute Gasteiger partial charge is 0.482 e. The number of aromatic nitrogens is 2. The second-order valence-corrected chi connectivity index (χ2v) is 9.48. The minimum absolute atomic E-state index is 0.155. The van der Waals surface area contributed by atoms with Crippen molar-refractivity contribution >= 4 is 38.5 Å². The zero-order valence-electron chi connectivity index (χ0n) is 18.2. The summed E-state index contributed by atoms with van der Waals surface area (Å²) in [7, 11) is 0. The number of benzene rings is 1. The van der Waals surface area contributed by atoms with E-state index < -0.39 is 11.6 Å². The summed E-state index contributed by atoms with van der Waals surface area (Å²) >= 11 is 1.55. The van der Waals surface area contributed by atoms with E-state index in [4.69, 9.17) is 13.9 Å². The van der Waals surface area contributed by atoms with Gasteiger partial charge in [0, 0.05) is 22.4 Å². The highest BCUT2D eigenvalue weighted by atomic mass is 32.1. The van der Waals surface area contributed by atoms with Crippen molar-refractivity contribution in [2.24, 2.45) is 5.92 Å². The normalized spacial score (nSPS) is 15.5. The zero-order chi connectivity index (χ0) is 23.1. The molecular weight excluding hydrogens is 444 g/mol. The van der Waals surface area contributed by atoms with E-state index in [0.29, 0.717) is 33.3 Å². The summed E-state index contributed by atoms with van der Waals surface area (Å²) in [6, 6.07) is 6.43. The van der Waals surface area contributed by atoms with Crippen molar-refractivity contribution in [3.05, 3.63) is 66.9 Å². The van der Waals surface area contributed by atoms with E-state index in [1.807, 2.05) is 6.92 Å². The zero-order valence-corrected chi connectivity index (χ0v) is 19.0. The van der Waals surface area contributed by atoms with Crippen LogP contribution < -0.4 is 15.9 Å². The summed E-state index contributed by atoms with van der Waals surface area (Å²) in [6.07, 6.45) is 2.93. The van der Waals surface area contributed by atoms with Crippen LogP contribution in [0.3, 0.4) is 0 Å². The topological polar surface area (TPSA) is 111 Å². The predicted octanol–water partition coefficient (Wildman–Crippen LogP) is 3.65. The number of H-pyrrole nitrogens is 1. The van der Waals surface area contributed by atoms with E-state index in [2.05, 4.69) is 16.9 Å².